The molecular formula is C15H16N8O2. The van der Waals surface area contributed by atoms with Gasteiger partial charge in [0.1, 0.15) is 23.6 Å². The highest BCUT2D eigenvalue weighted by Gasteiger charge is 2.16. The Balaban J connectivity index is 1.33. The molecular weight excluding hydrogens is 324 g/mol. The van der Waals surface area contributed by atoms with Crippen molar-refractivity contribution >= 4 is 17.4 Å². The smallest absolute Gasteiger partial charge is 0.262 e. The zero-order valence-electron chi connectivity index (χ0n) is 13.3. The van der Waals surface area contributed by atoms with Gasteiger partial charge in [0.2, 0.25) is 0 Å². The number of aryl methyl sites for hydroxylation is 1. The lowest BCUT2D eigenvalue weighted by Crippen LogP contribution is -2.22. The molecule has 0 unspecified atom stereocenters. The lowest BCUT2D eigenvalue weighted by molar-refractivity contribution is -0.118. The fourth-order valence-corrected chi connectivity index (χ4v) is 2.58. The van der Waals surface area contributed by atoms with Crippen molar-refractivity contribution in [3.63, 3.8) is 0 Å². The first-order valence-corrected chi connectivity index (χ1v) is 7.85. The minimum atomic E-state index is -0.243. The monoisotopic (exact) mass is 340 g/mol. The fourth-order valence-electron chi connectivity index (χ4n) is 2.58. The third-order valence-corrected chi connectivity index (χ3v) is 3.77. The Bertz CT molecular complexity index is 856. The van der Waals surface area contributed by atoms with Crippen LogP contribution in [0.5, 0.6) is 5.75 Å². The molecule has 0 radical (unpaired) electrons. The van der Waals surface area contributed by atoms with E-state index in [1.165, 1.54) is 11.0 Å². The number of tetrazole rings is 1. The molecule has 0 bridgehead atoms. The molecule has 128 valence electrons. The molecule has 0 atom stereocenters. The number of ether oxygens (including phenoxy) is 1. The summed E-state index contributed by atoms with van der Waals surface area (Å²) in [6.45, 7) is 1.63. The summed E-state index contributed by atoms with van der Waals surface area (Å²) in [5.74, 6) is 1.18. The number of amides is 1. The molecule has 0 fully saturated rings. The second kappa shape index (κ2) is 6.59. The molecule has 1 aliphatic heterocycles. The minimum Gasteiger partial charge on any atom is -0.484 e. The number of benzene rings is 1. The number of anilines is 2. The van der Waals surface area contributed by atoms with Gasteiger partial charge in [-0.15, -0.1) is 5.10 Å². The first-order valence-electron chi connectivity index (χ1n) is 7.85. The average molecular weight is 340 g/mol. The van der Waals surface area contributed by atoms with Crippen LogP contribution in [0.15, 0.2) is 36.8 Å². The first-order chi connectivity index (χ1) is 12.3. The number of hydrogen-bond donors (Lipinski definition) is 2. The van der Waals surface area contributed by atoms with E-state index in [4.69, 9.17) is 4.74 Å². The quantitative estimate of drug-likeness (QED) is 0.703. The summed E-state index contributed by atoms with van der Waals surface area (Å²) in [7, 11) is 0. The molecule has 10 heteroatoms. The highest BCUT2D eigenvalue weighted by molar-refractivity contribution is 5.94. The largest absolute Gasteiger partial charge is 0.484 e. The Labute approximate surface area is 142 Å². The topological polar surface area (TPSA) is 112 Å². The summed E-state index contributed by atoms with van der Waals surface area (Å²) in [6, 6.07) is 7.13. The lowest BCUT2D eigenvalue weighted by atomic mass is 10.3. The van der Waals surface area contributed by atoms with Crippen LogP contribution in [0, 0.1) is 0 Å². The summed E-state index contributed by atoms with van der Waals surface area (Å²) in [6.07, 6.45) is 4.17. The van der Waals surface area contributed by atoms with Gasteiger partial charge in [-0.25, -0.2) is 9.36 Å². The van der Waals surface area contributed by atoms with Gasteiger partial charge in [0, 0.05) is 13.1 Å². The van der Waals surface area contributed by atoms with Gasteiger partial charge in [0.25, 0.3) is 5.91 Å². The van der Waals surface area contributed by atoms with E-state index in [0.717, 1.165) is 31.0 Å². The molecule has 2 aromatic heterocycles. The number of aromatic nitrogens is 6. The van der Waals surface area contributed by atoms with Crippen LogP contribution in [-0.2, 0) is 11.3 Å². The normalized spacial score (nSPS) is 13.0. The average Bonchev–Trinajstić information content (AvgIpc) is 3.31. The molecule has 3 aromatic rings. The van der Waals surface area contributed by atoms with E-state index in [9.17, 15) is 4.79 Å². The number of fused-ring (bicyclic) bond motifs is 1. The third-order valence-electron chi connectivity index (χ3n) is 3.77. The number of hydrogen-bond acceptors (Lipinski definition) is 7. The van der Waals surface area contributed by atoms with Crippen LogP contribution in [0.25, 0.3) is 5.69 Å². The van der Waals surface area contributed by atoms with E-state index in [1.54, 1.807) is 18.3 Å². The number of nitrogens with zero attached hydrogens (tertiary/aromatic N) is 6. The zero-order chi connectivity index (χ0) is 17.1. The van der Waals surface area contributed by atoms with E-state index in [1.807, 2.05) is 16.8 Å². The highest BCUT2D eigenvalue weighted by Crippen LogP contribution is 2.24. The summed E-state index contributed by atoms with van der Waals surface area (Å²) in [5, 5.41) is 21.3. The van der Waals surface area contributed by atoms with Crippen molar-refractivity contribution in [1.29, 1.82) is 0 Å². The Morgan fingerprint density at radius 3 is 3.00 bits per heavy atom. The Hall–Kier alpha value is -3.43. The second-order valence-electron chi connectivity index (χ2n) is 5.50. The molecule has 1 aliphatic rings. The van der Waals surface area contributed by atoms with E-state index in [0.29, 0.717) is 11.4 Å². The summed E-state index contributed by atoms with van der Waals surface area (Å²) in [4.78, 5) is 12.1. The molecule has 2 N–H and O–H groups in total. The first kappa shape index (κ1) is 15.1. The summed E-state index contributed by atoms with van der Waals surface area (Å²) < 4.78 is 8.89. The van der Waals surface area contributed by atoms with Crippen LogP contribution in [0.2, 0.25) is 0 Å². The molecule has 1 aromatic carbocycles. The van der Waals surface area contributed by atoms with Crippen molar-refractivity contribution < 1.29 is 9.53 Å². The maximum atomic E-state index is 12.1. The van der Waals surface area contributed by atoms with Crippen LogP contribution >= 0.6 is 0 Å². The Morgan fingerprint density at radius 1 is 1.32 bits per heavy atom. The van der Waals surface area contributed by atoms with Gasteiger partial charge in [-0.1, -0.05) is 0 Å². The molecule has 3 heterocycles. The summed E-state index contributed by atoms with van der Waals surface area (Å²) in [5.41, 5.74) is 1.47. The van der Waals surface area contributed by atoms with E-state index >= 15 is 0 Å². The molecule has 25 heavy (non-hydrogen) atoms. The van der Waals surface area contributed by atoms with Crippen molar-refractivity contribution in [1.82, 2.24) is 30.0 Å². The Morgan fingerprint density at radius 2 is 2.20 bits per heavy atom. The number of carbonyl (C=O) groups is 1. The molecule has 10 nitrogen and oxygen atoms in total. The Kier molecular flexibility index (Phi) is 3.99. The molecule has 0 spiro atoms. The third kappa shape index (κ3) is 3.27. The maximum Gasteiger partial charge on any atom is 0.262 e. The van der Waals surface area contributed by atoms with Gasteiger partial charge in [-0.3, -0.25) is 4.79 Å². The number of rotatable bonds is 5. The lowest BCUT2D eigenvalue weighted by Gasteiger charge is -2.17. The van der Waals surface area contributed by atoms with Gasteiger partial charge < -0.3 is 15.4 Å². The van der Waals surface area contributed by atoms with Crippen LogP contribution in [-0.4, -0.2) is 49.0 Å². The van der Waals surface area contributed by atoms with E-state index < -0.39 is 0 Å². The number of carbonyl (C=O) groups excluding carboxylic acids is 1. The molecule has 0 saturated heterocycles. The number of nitrogens with one attached hydrogen (secondary N) is 2. The highest BCUT2D eigenvalue weighted by atomic mass is 16.5. The van der Waals surface area contributed by atoms with Gasteiger partial charge >= 0.3 is 0 Å². The van der Waals surface area contributed by atoms with Crippen molar-refractivity contribution in [3.05, 3.63) is 36.8 Å². The summed E-state index contributed by atoms with van der Waals surface area (Å²) >= 11 is 0. The van der Waals surface area contributed by atoms with Crippen molar-refractivity contribution in [2.75, 3.05) is 23.8 Å². The van der Waals surface area contributed by atoms with E-state index in [2.05, 4.69) is 31.3 Å². The van der Waals surface area contributed by atoms with Gasteiger partial charge in [-0.2, -0.15) is 5.10 Å². The van der Waals surface area contributed by atoms with Gasteiger partial charge in [0.15, 0.2) is 6.61 Å². The van der Waals surface area contributed by atoms with E-state index in [-0.39, 0.29) is 12.5 Å². The van der Waals surface area contributed by atoms with Crippen LogP contribution < -0.4 is 15.4 Å². The van der Waals surface area contributed by atoms with Gasteiger partial charge in [-0.05, 0) is 41.1 Å². The van der Waals surface area contributed by atoms with Gasteiger partial charge in [0.05, 0.1) is 11.9 Å². The second-order valence-corrected chi connectivity index (χ2v) is 5.50. The minimum absolute atomic E-state index is 0.0884. The maximum absolute atomic E-state index is 12.1. The molecule has 0 saturated carbocycles. The van der Waals surface area contributed by atoms with Crippen LogP contribution in [0.1, 0.15) is 6.42 Å². The predicted octanol–water partition coefficient (Wildman–Crippen LogP) is 0.692. The molecule has 1 amide bonds. The fraction of sp³-hybridized carbons (Fsp3) is 0.267. The molecule has 0 aliphatic carbocycles. The zero-order valence-corrected chi connectivity index (χ0v) is 13.3. The standard InChI is InChI=1S/C15H16N8O2/c24-14(19-13-8-18-22-7-1-6-16-15(13)22)9-25-12-4-2-11(3-5-12)23-10-17-20-21-23/h2-5,8,10,16H,1,6-7,9H2,(H,19,24). The van der Waals surface area contributed by atoms with Crippen LogP contribution in [0.4, 0.5) is 11.5 Å². The van der Waals surface area contributed by atoms with Crippen molar-refractivity contribution in [3.8, 4) is 11.4 Å². The van der Waals surface area contributed by atoms with Crippen LogP contribution in [0.3, 0.4) is 0 Å². The molecule has 4 rings (SSSR count). The predicted molar refractivity (Wildman–Crippen MR) is 88.6 cm³/mol. The van der Waals surface area contributed by atoms with Crippen molar-refractivity contribution in [2.45, 2.75) is 13.0 Å². The SMILES string of the molecule is O=C(COc1ccc(-n2cnnn2)cc1)Nc1cnn2c1NCCC2. The van der Waals surface area contributed by atoms with Crippen molar-refractivity contribution in [2.24, 2.45) is 0 Å².